The average Bonchev–Trinajstić information content (AvgIpc) is 3.72. The van der Waals surface area contributed by atoms with Gasteiger partial charge in [-0.1, -0.05) is 35.9 Å². The Morgan fingerprint density at radius 2 is 1.62 bits per heavy atom. The van der Waals surface area contributed by atoms with Crippen LogP contribution in [0.25, 0.3) is 33.3 Å². The second-order valence-corrected chi connectivity index (χ2v) is 15.7. The molecule has 10 nitrogen and oxygen atoms in total. The Bertz CT molecular complexity index is 2390. The van der Waals surface area contributed by atoms with Gasteiger partial charge in [0, 0.05) is 66.8 Å². The molecule has 268 valence electrons. The molecule has 0 spiro atoms. The van der Waals surface area contributed by atoms with Crippen molar-refractivity contribution in [3.8, 4) is 22.3 Å². The van der Waals surface area contributed by atoms with Crippen LogP contribution in [0.2, 0.25) is 0 Å². The van der Waals surface area contributed by atoms with Crippen molar-refractivity contribution in [1.82, 2.24) is 23.6 Å². The zero-order chi connectivity index (χ0) is 36.8. The maximum absolute atomic E-state index is 15.8. The molecule has 7 rings (SSSR count). The Morgan fingerprint density at radius 3 is 2.31 bits per heavy atom. The van der Waals surface area contributed by atoms with E-state index >= 15 is 4.39 Å². The molecule has 0 bridgehead atoms. The highest BCUT2D eigenvalue weighted by Crippen LogP contribution is 2.36. The molecule has 13 heteroatoms. The highest BCUT2D eigenvalue weighted by molar-refractivity contribution is 7.90. The predicted octanol–water partition coefficient (Wildman–Crippen LogP) is 7.50. The van der Waals surface area contributed by atoms with E-state index in [0.29, 0.717) is 66.1 Å². The van der Waals surface area contributed by atoms with E-state index in [4.69, 9.17) is 4.74 Å². The third kappa shape index (κ3) is 7.13. The van der Waals surface area contributed by atoms with Gasteiger partial charge in [0.25, 0.3) is 10.0 Å². The summed E-state index contributed by atoms with van der Waals surface area (Å²) in [5.74, 6) is -0.778. The molecule has 0 aliphatic carbocycles. The van der Waals surface area contributed by atoms with Gasteiger partial charge >= 0.3 is 6.09 Å². The zero-order valence-corrected chi connectivity index (χ0v) is 30.1. The zero-order valence-electron chi connectivity index (χ0n) is 29.3. The molecule has 0 N–H and O–H groups in total. The Balaban J connectivity index is 1.22. The minimum atomic E-state index is -4.05. The predicted molar refractivity (Wildman–Crippen MR) is 196 cm³/mol. The number of ether oxygens (including phenoxy) is 1. The average molecular weight is 725 g/mol. The molecule has 0 radical (unpaired) electrons. The third-order valence-electron chi connectivity index (χ3n) is 8.92. The summed E-state index contributed by atoms with van der Waals surface area (Å²) in [5.41, 5.74) is 4.01. The number of pyridine rings is 1. The smallest absolute Gasteiger partial charge is 0.410 e. The first-order valence-electron chi connectivity index (χ1n) is 16.9. The number of carbonyl (C=O) groups excluding carboxylic acids is 1. The molecule has 3 aromatic carbocycles. The largest absolute Gasteiger partial charge is 0.444 e. The number of hydrogen-bond donors (Lipinski definition) is 0. The summed E-state index contributed by atoms with van der Waals surface area (Å²) >= 11 is 0. The Kier molecular flexibility index (Phi) is 9.07. The number of fused-ring (bicyclic) bond motifs is 1. The van der Waals surface area contributed by atoms with Gasteiger partial charge in [-0.25, -0.2) is 30.9 Å². The lowest BCUT2D eigenvalue weighted by molar-refractivity contribution is 0.0240. The molecule has 4 heterocycles. The van der Waals surface area contributed by atoms with Crippen molar-refractivity contribution >= 4 is 32.8 Å². The molecule has 3 aromatic heterocycles. The van der Waals surface area contributed by atoms with Crippen LogP contribution >= 0.6 is 0 Å². The maximum Gasteiger partial charge on any atom is 0.410 e. The summed E-state index contributed by atoms with van der Waals surface area (Å²) in [5, 5.41) is 5.00. The summed E-state index contributed by atoms with van der Waals surface area (Å²) in [6.45, 7) is 9.35. The topological polar surface area (TPSA) is 103 Å². The molecule has 0 atom stereocenters. The van der Waals surface area contributed by atoms with Crippen LogP contribution in [0.5, 0.6) is 0 Å². The highest BCUT2D eigenvalue weighted by Gasteiger charge is 2.28. The number of piperazine rings is 1. The summed E-state index contributed by atoms with van der Waals surface area (Å²) in [6, 6.07) is 19.6. The minimum absolute atomic E-state index is 0.110. The van der Waals surface area contributed by atoms with Gasteiger partial charge in [0.05, 0.1) is 23.3 Å². The van der Waals surface area contributed by atoms with E-state index in [2.05, 4.69) is 10.1 Å². The van der Waals surface area contributed by atoms with E-state index in [1.54, 1.807) is 76.6 Å². The number of hydrogen-bond acceptors (Lipinski definition) is 7. The monoisotopic (exact) mass is 724 g/mol. The van der Waals surface area contributed by atoms with Crippen molar-refractivity contribution in [2.24, 2.45) is 0 Å². The van der Waals surface area contributed by atoms with Crippen molar-refractivity contribution in [2.45, 2.75) is 44.7 Å². The number of nitrogens with zero attached hydrogens (tertiary/aromatic N) is 6. The van der Waals surface area contributed by atoms with E-state index in [0.717, 1.165) is 15.1 Å². The number of amides is 1. The van der Waals surface area contributed by atoms with Crippen LogP contribution in [0.15, 0.2) is 102 Å². The molecule has 1 saturated heterocycles. The van der Waals surface area contributed by atoms with E-state index in [1.165, 1.54) is 30.6 Å². The first-order chi connectivity index (χ1) is 24.7. The fourth-order valence-corrected chi connectivity index (χ4v) is 7.61. The van der Waals surface area contributed by atoms with Gasteiger partial charge < -0.3 is 14.5 Å². The normalized spacial score (nSPS) is 13.9. The maximum atomic E-state index is 15.8. The standard InChI is InChI=1S/C39H38F2N6O4S/c1-26-8-11-32(12-9-26)52(49,50)47-25-34(30-22-43-46(24-30)23-27-6-5-7-31(40)18-27)33-19-29(21-42-37(33)47)28-10-13-36(35(41)20-28)44-14-16-45(17-15-44)38(48)51-39(2,3)4/h5-13,18-22,24-25H,14-17,23H2,1-4H3. The van der Waals surface area contributed by atoms with Gasteiger partial charge in [0.15, 0.2) is 5.65 Å². The Labute approximate surface area is 300 Å². The summed E-state index contributed by atoms with van der Waals surface area (Å²) in [6.07, 6.45) is 6.08. The third-order valence-corrected chi connectivity index (χ3v) is 10.6. The molecule has 1 aliphatic heterocycles. The number of benzene rings is 3. The molecule has 0 saturated carbocycles. The second-order valence-electron chi connectivity index (χ2n) is 13.9. The SMILES string of the molecule is Cc1ccc(S(=O)(=O)n2cc(-c3cnn(Cc4cccc(F)c4)c3)c3cc(-c4ccc(N5CCN(C(=O)OC(C)(C)C)CC5)c(F)c4)cnc32)cc1. The summed E-state index contributed by atoms with van der Waals surface area (Å²) in [7, 11) is -4.05. The molecule has 1 amide bonds. The number of rotatable bonds is 7. The van der Waals surface area contributed by atoms with Crippen LogP contribution in [0.1, 0.15) is 31.9 Å². The Morgan fingerprint density at radius 1 is 0.865 bits per heavy atom. The second kappa shape index (κ2) is 13.5. The molecule has 0 unspecified atom stereocenters. The fraction of sp³-hybridized carbons (Fsp3) is 0.256. The van der Waals surface area contributed by atoms with Gasteiger partial charge in [-0.05, 0) is 81.3 Å². The van der Waals surface area contributed by atoms with Crippen LogP contribution in [0, 0.1) is 18.6 Å². The van der Waals surface area contributed by atoms with Crippen molar-refractivity contribution in [1.29, 1.82) is 0 Å². The van der Waals surface area contributed by atoms with Gasteiger partial charge in [0.1, 0.15) is 17.2 Å². The molecule has 52 heavy (non-hydrogen) atoms. The minimum Gasteiger partial charge on any atom is -0.444 e. The van der Waals surface area contributed by atoms with E-state index in [-0.39, 0.29) is 22.5 Å². The van der Waals surface area contributed by atoms with Gasteiger partial charge in [0.2, 0.25) is 0 Å². The molecule has 1 fully saturated rings. The van der Waals surface area contributed by atoms with E-state index in [9.17, 15) is 17.6 Å². The number of anilines is 1. The van der Waals surface area contributed by atoms with Gasteiger partial charge in [-0.15, -0.1) is 0 Å². The molecule has 6 aromatic rings. The lowest BCUT2D eigenvalue weighted by atomic mass is 10.0. The first kappa shape index (κ1) is 34.9. The summed E-state index contributed by atoms with van der Waals surface area (Å²) in [4.78, 5) is 20.8. The molecule has 1 aliphatic rings. The molecular formula is C39H38F2N6O4S. The van der Waals surface area contributed by atoms with Crippen molar-refractivity contribution in [3.05, 3.63) is 120 Å². The van der Waals surface area contributed by atoms with Gasteiger partial charge in [-0.2, -0.15) is 5.10 Å². The first-order valence-corrected chi connectivity index (χ1v) is 18.3. The van der Waals surface area contributed by atoms with Gasteiger partial charge in [-0.3, -0.25) is 4.68 Å². The van der Waals surface area contributed by atoms with Crippen LogP contribution in [-0.4, -0.2) is 69.9 Å². The molecular weight excluding hydrogens is 687 g/mol. The number of aryl methyl sites for hydroxylation is 1. The number of carbonyl (C=O) groups is 1. The van der Waals surface area contributed by atoms with Crippen LogP contribution in [-0.2, 0) is 21.3 Å². The summed E-state index contributed by atoms with van der Waals surface area (Å²) < 4.78 is 65.9. The quantitative estimate of drug-likeness (QED) is 0.168. The lowest BCUT2D eigenvalue weighted by Crippen LogP contribution is -2.50. The number of halogens is 2. The highest BCUT2D eigenvalue weighted by atomic mass is 32.2. The van der Waals surface area contributed by atoms with Crippen molar-refractivity contribution < 1.29 is 26.7 Å². The Hall–Kier alpha value is -5.56. The van der Waals surface area contributed by atoms with E-state index in [1.807, 2.05) is 32.6 Å². The van der Waals surface area contributed by atoms with Crippen molar-refractivity contribution in [2.75, 3.05) is 31.1 Å². The van der Waals surface area contributed by atoms with Crippen LogP contribution in [0.3, 0.4) is 0 Å². The fourth-order valence-electron chi connectivity index (χ4n) is 6.29. The van der Waals surface area contributed by atoms with Crippen molar-refractivity contribution in [3.63, 3.8) is 0 Å². The van der Waals surface area contributed by atoms with Crippen LogP contribution in [0.4, 0.5) is 19.3 Å². The van der Waals surface area contributed by atoms with E-state index < -0.39 is 21.4 Å². The van der Waals surface area contributed by atoms with Crippen LogP contribution < -0.4 is 4.90 Å². The number of aromatic nitrogens is 4. The lowest BCUT2D eigenvalue weighted by Gasteiger charge is -2.36.